The van der Waals surface area contributed by atoms with Crippen molar-refractivity contribution in [2.24, 2.45) is 0 Å². The Morgan fingerprint density at radius 3 is 2.44 bits per heavy atom. The van der Waals surface area contributed by atoms with Gasteiger partial charge in [-0.2, -0.15) is 4.31 Å². The molecule has 1 N–H and O–H groups in total. The monoisotopic (exact) mass is 241 g/mol. The van der Waals surface area contributed by atoms with Crippen molar-refractivity contribution in [2.45, 2.75) is 30.9 Å². The van der Waals surface area contributed by atoms with E-state index in [1.807, 2.05) is 6.92 Å². The first-order valence-corrected chi connectivity index (χ1v) is 6.72. The molecule has 0 radical (unpaired) electrons. The van der Waals surface area contributed by atoms with E-state index in [1.165, 1.54) is 0 Å². The molecule has 0 aromatic heterocycles. The fraction of sp³-hybridized carbons (Fsp3) is 0.455. The molecule has 1 saturated heterocycles. The van der Waals surface area contributed by atoms with Crippen molar-refractivity contribution in [3.05, 3.63) is 29.8 Å². The third-order valence-corrected chi connectivity index (χ3v) is 4.71. The van der Waals surface area contributed by atoms with Gasteiger partial charge >= 0.3 is 0 Å². The van der Waals surface area contributed by atoms with Crippen molar-refractivity contribution in [2.75, 3.05) is 6.54 Å². The van der Waals surface area contributed by atoms with Gasteiger partial charge in [-0.1, -0.05) is 17.7 Å². The molecule has 88 valence electrons. The number of hydrogen-bond donors (Lipinski definition) is 1. The standard InChI is InChI=1S/C11H15NO3S/c1-9-4-6-10(7-5-9)16(14,15)12-8-2-3-11(12)13/h4-7,11,13H,2-3,8H2,1H3/t11-/m1/s1. The first-order chi connectivity index (χ1) is 7.51. The molecule has 0 bridgehead atoms. The molecule has 1 heterocycles. The summed E-state index contributed by atoms with van der Waals surface area (Å²) < 4.78 is 25.4. The second-order valence-electron chi connectivity index (χ2n) is 4.05. The number of aliphatic hydroxyl groups excluding tert-OH is 1. The Labute approximate surface area is 95.6 Å². The zero-order chi connectivity index (χ0) is 11.8. The summed E-state index contributed by atoms with van der Waals surface area (Å²) in [6, 6.07) is 6.68. The SMILES string of the molecule is Cc1ccc(S(=O)(=O)N2CCC[C@H]2O)cc1. The van der Waals surface area contributed by atoms with Crippen LogP contribution in [0.25, 0.3) is 0 Å². The molecule has 1 fully saturated rings. The number of benzene rings is 1. The van der Waals surface area contributed by atoms with Crippen molar-refractivity contribution < 1.29 is 13.5 Å². The van der Waals surface area contributed by atoms with Gasteiger partial charge in [0.25, 0.3) is 0 Å². The molecule has 0 saturated carbocycles. The van der Waals surface area contributed by atoms with Crippen LogP contribution in [0.2, 0.25) is 0 Å². The topological polar surface area (TPSA) is 57.6 Å². The van der Waals surface area contributed by atoms with Gasteiger partial charge in [-0.05, 0) is 31.9 Å². The number of hydrogen-bond acceptors (Lipinski definition) is 3. The van der Waals surface area contributed by atoms with E-state index >= 15 is 0 Å². The van der Waals surface area contributed by atoms with Crippen molar-refractivity contribution in [1.29, 1.82) is 0 Å². The van der Waals surface area contributed by atoms with Gasteiger partial charge in [0.05, 0.1) is 4.90 Å². The average Bonchev–Trinajstić information content (AvgIpc) is 2.66. The zero-order valence-electron chi connectivity index (χ0n) is 9.13. The molecule has 2 rings (SSSR count). The third kappa shape index (κ3) is 1.98. The lowest BCUT2D eigenvalue weighted by atomic mass is 10.2. The van der Waals surface area contributed by atoms with E-state index < -0.39 is 16.3 Å². The maximum absolute atomic E-state index is 12.1. The molecule has 1 aromatic rings. The van der Waals surface area contributed by atoms with Crippen molar-refractivity contribution in [3.8, 4) is 0 Å². The minimum atomic E-state index is -3.52. The van der Waals surface area contributed by atoms with Crippen molar-refractivity contribution in [1.82, 2.24) is 4.31 Å². The summed E-state index contributed by atoms with van der Waals surface area (Å²) in [5, 5.41) is 9.59. The molecular weight excluding hydrogens is 226 g/mol. The van der Waals surface area contributed by atoms with Crippen LogP contribution in [0, 0.1) is 6.92 Å². The quantitative estimate of drug-likeness (QED) is 0.843. The summed E-state index contributed by atoms with van der Waals surface area (Å²) >= 11 is 0. The molecule has 4 nitrogen and oxygen atoms in total. The number of aryl methyl sites for hydroxylation is 1. The minimum absolute atomic E-state index is 0.249. The number of sulfonamides is 1. The van der Waals surface area contributed by atoms with Gasteiger partial charge in [0.2, 0.25) is 10.0 Å². The second kappa shape index (κ2) is 4.16. The molecule has 1 atom stereocenters. The lowest BCUT2D eigenvalue weighted by Crippen LogP contribution is -2.35. The summed E-state index contributed by atoms with van der Waals surface area (Å²) in [5.41, 5.74) is 1.01. The highest BCUT2D eigenvalue weighted by atomic mass is 32.2. The summed E-state index contributed by atoms with van der Waals surface area (Å²) in [4.78, 5) is 0.249. The Morgan fingerprint density at radius 1 is 1.31 bits per heavy atom. The molecular formula is C11H15NO3S. The molecule has 0 aliphatic carbocycles. The van der Waals surface area contributed by atoms with Crippen molar-refractivity contribution in [3.63, 3.8) is 0 Å². The largest absolute Gasteiger partial charge is 0.377 e. The highest BCUT2D eigenvalue weighted by Gasteiger charge is 2.33. The summed E-state index contributed by atoms with van der Waals surface area (Å²) in [5.74, 6) is 0. The highest BCUT2D eigenvalue weighted by Crippen LogP contribution is 2.24. The van der Waals surface area contributed by atoms with Crippen LogP contribution >= 0.6 is 0 Å². The van der Waals surface area contributed by atoms with Gasteiger partial charge < -0.3 is 5.11 Å². The normalized spacial score (nSPS) is 22.5. The van der Waals surface area contributed by atoms with E-state index in [1.54, 1.807) is 24.3 Å². The van der Waals surface area contributed by atoms with Gasteiger partial charge in [0.15, 0.2) is 0 Å². The molecule has 16 heavy (non-hydrogen) atoms. The molecule has 1 aromatic carbocycles. The van der Waals surface area contributed by atoms with Gasteiger partial charge in [-0.25, -0.2) is 8.42 Å². The van der Waals surface area contributed by atoms with Gasteiger partial charge in [-0.3, -0.25) is 0 Å². The van der Waals surface area contributed by atoms with Gasteiger partial charge in [-0.15, -0.1) is 0 Å². The van der Waals surface area contributed by atoms with Crippen molar-refractivity contribution >= 4 is 10.0 Å². The Kier molecular flexibility index (Phi) is 3.01. The van der Waals surface area contributed by atoms with E-state index in [-0.39, 0.29) is 4.90 Å². The highest BCUT2D eigenvalue weighted by molar-refractivity contribution is 7.89. The van der Waals surface area contributed by atoms with Gasteiger partial charge in [0, 0.05) is 6.54 Å². The van der Waals surface area contributed by atoms with Crippen LogP contribution in [0.4, 0.5) is 0 Å². The van der Waals surface area contributed by atoms with E-state index in [2.05, 4.69) is 0 Å². The maximum Gasteiger partial charge on any atom is 0.245 e. The fourth-order valence-electron chi connectivity index (χ4n) is 1.85. The number of aliphatic hydroxyl groups is 1. The molecule has 0 amide bonds. The Hall–Kier alpha value is -0.910. The maximum atomic E-state index is 12.1. The molecule has 5 heteroatoms. The van der Waals surface area contributed by atoms with E-state index in [4.69, 9.17) is 0 Å². The molecule has 1 aliphatic heterocycles. The van der Waals surface area contributed by atoms with E-state index in [0.29, 0.717) is 19.4 Å². The van der Waals surface area contributed by atoms with Crippen LogP contribution in [0.5, 0.6) is 0 Å². The van der Waals surface area contributed by atoms with E-state index in [0.717, 1.165) is 9.87 Å². The minimum Gasteiger partial charge on any atom is -0.377 e. The van der Waals surface area contributed by atoms with Crippen LogP contribution in [-0.2, 0) is 10.0 Å². The van der Waals surface area contributed by atoms with Crippen LogP contribution in [-0.4, -0.2) is 30.6 Å². The summed E-state index contributed by atoms with van der Waals surface area (Å²) in [6.07, 6.45) is 0.364. The van der Waals surface area contributed by atoms with Gasteiger partial charge in [0.1, 0.15) is 6.23 Å². The van der Waals surface area contributed by atoms with Crippen LogP contribution in [0.1, 0.15) is 18.4 Å². The average molecular weight is 241 g/mol. The lowest BCUT2D eigenvalue weighted by Gasteiger charge is -2.19. The van der Waals surface area contributed by atoms with E-state index in [9.17, 15) is 13.5 Å². The Morgan fingerprint density at radius 2 is 1.94 bits per heavy atom. The zero-order valence-corrected chi connectivity index (χ0v) is 9.94. The first-order valence-electron chi connectivity index (χ1n) is 5.28. The van der Waals surface area contributed by atoms with Crippen LogP contribution in [0.3, 0.4) is 0 Å². The molecule has 0 unspecified atom stereocenters. The van der Waals surface area contributed by atoms with Crippen LogP contribution in [0.15, 0.2) is 29.2 Å². The predicted molar refractivity (Wildman–Crippen MR) is 60.3 cm³/mol. The summed E-state index contributed by atoms with van der Waals surface area (Å²) in [6.45, 7) is 2.30. The lowest BCUT2D eigenvalue weighted by molar-refractivity contribution is 0.0949. The number of rotatable bonds is 2. The number of nitrogens with zero attached hydrogens (tertiary/aromatic N) is 1. The second-order valence-corrected chi connectivity index (χ2v) is 5.94. The Bertz CT molecular complexity index is 467. The predicted octanol–water partition coefficient (Wildman–Crippen LogP) is 1.10. The smallest absolute Gasteiger partial charge is 0.245 e. The first kappa shape index (κ1) is 11.6. The third-order valence-electron chi connectivity index (χ3n) is 2.80. The molecule has 0 spiro atoms. The fourth-order valence-corrected chi connectivity index (χ4v) is 3.39. The molecule has 1 aliphatic rings. The Balaban J connectivity index is 2.35. The van der Waals surface area contributed by atoms with Crippen LogP contribution < -0.4 is 0 Å². The summed E-state index contributed by atoms with van der Waals surface area (Å²) in [7, 11) is -3.52.